The number of likely N-dealkylation sites (tertiary alicyclic amines) is 1. The van der Waals surface area contributed by atoms with Gasteiger partial charge in [-0.15, -0.1) is 0 Å². The molecule has 1 amide bonds. The number of aromatic nitrogens is 2. The number of nitrogens with one attached hydrogen (secondary N) is 1. The SMILES string of the molecule is Cc1ncncc1C(=O)NCC1CCN(CCC(C)(C)C)C1. The molecule has 0 bridgehead atoms. The highest BCUT2D eigenvalue weighted by atomic mass is 16.1. The minimum Gasteiger partial charge on any atom is -0.352 e. The summed E-state index contributed by atoms with van der Waals surface area (Å²) in [6.07, 6.45) is 5.43. The number of aryl methyl sites for hydroxylation is 1. The van der Waals surface area contributed by atoms with Crippen molar-refractivity contribution in [2.24, 2.45) is 11.3 Å². The third kappa shape index (κ3) is 5.05. The molecule has 0 saturated carbocycles. The summed E-state index contributed by atoms with van der Waals surface area (Å²) in [4.78, 5) is 22.7. The molecular weight excluding hydrogens is 276 g/mol. The van der Waals surface area contributed by atoms with Gasteiger partial charge in [-0.3, -0.25) is 4.79 Å². The quantitative estimate of drug-likeness (QED) is 0.906. The van der Waals surface area contributed by atoms with Gasteiger partial charge in [0.1, 0.15) is 6.33 Å². The maximum Gasteiger partial charge on any atom is 0.254 e. The molecule has 1 saturated heterocycles. The maximum absolute atomic E-state index is 12.2. The van der Waals surface area contributed by atoms with Crippen LogP contribution in [0.25, 0.3) is 0 Å². The minimum absolute atomic E-state index is 0.0637. The van der Waals surface area contributed by atoms with Crippen LogP contribution in [0.3, 0.4) is 0 Å². The molecule has 0 spiro atoms. The third-order valence-corrected chi connectivity index (χ3v) is 4.26. The van der Waals surface area contributed by atoms with Gasteiger partial charge in [0.2, 0.25) is 0 Å². The van der Waals surface area contributed by atoms with Crippen molar-refractivity contribution in [3.63, 3.8) is 0 Å². The molecule has 2 heterocycles. The van der Waals surface area contributed by atoms with Gasteiger partial charge >= 0.3 is 0 Å². The van der Waals surface area contributed by atoms with Crippen LogP contribution in [0, 0.1) is 18.3 Å². The molecule has 22 heavy (non-hydrogen) atoms. The molecule has 0 aliphatic carbocycles. The summed E-state index contributed by atoms with van der Waals surface area (Å²) in [5.41, 5.74) is 1.69. The lowest BCUT2D eigenvalue weighted by molar-refractivity contribution is 0.0946. The molecule has 1 unspecified atom stereocenters. The van der Waals surface area contributed by atoms with Gasteiger partial charge in [0.15, 0.2) is 0 Å². The van der Waals surface area contributed by atoms with Gasteiger partial charge in [0, 0.05) is 19.3 Å². The van der Waals surface area contributed by atoms with E-state index in [9.17, 15) is 4.79 Å². The molecule has 5 heteroatoms. The Balaban J connectivity index is 1.74. The molecule has 1 aliphatic heterocycles. The second kappa shape index (κ2) is 7.18. The fourth-order valence-corrected chi connectivity index (χ4v) is 2.72. The summed E-state index contributed by atoms with van der Waals surface area (Å²) in [6.45, 7) is 12.8. The van der Waals surface area contributed by atoms with E-state index < -0.39 is 0 Å². The highest BCUT2D eigenvalue weighted by molar-refractivity contribution is 5.94. The zero-order valence-corrected chi connectivity index (χ0v) is 14.2. The molecule has 0 aromatic carbocycles. The standard InChI is InChI=1S/C17H28N4O/c1-13-15(10-18-12-20-13)16(22)19-9-14-5-7-21(11-14)8-6-17(2,3)4/h10,12,14H,5-9,11H2,1-4H3,(H,19,22). The molecule has 1 N–H and O–H groups in total. The minimum atomic E-state index is -0.0637. The van der Waals surface area contributed by atoms with E-state index >= 15 is 0 Å². The van der Waals surface area contributed by atoms with Crippen LogP contribution in [0.4, 0.5) is 0 Å². The zero-order valence-electron chi connectivity index (χ0n) is 14.2. The van der Waals surface area contributed by atoms with E-state index in [1.54, 1.807) is 6.20 Å². The molecular formula is C17H28N4O. The molecule has 5 nitrogen and oxygen atoms in total. The van der Waals surface area contributed by atoms with Crippen LogP contribution < -0.4 is 5.32 Å². The molecule has 1 aliphatic rings. The molecule has 2 rings (SSSR count). The van der Waals surface area contributed by atoms with Crippen molar-refractivity contribution in [2.75, 3.05) is 26.2 Å². The van der Waals surface area contributed by atoms with E-state index in [4.69, 9.17) is 0 Å². The Bertz CT molecular complexity index is 510. The fraction of sp³-hybridized carbons (Fsp3) is 0.706. The zero-order chi connectivity index (χ0) is 16.2. The van der Waals surface area contributed by atoms with Crippen LogP contribution in [0.5, 0.6) is 0 Å². The average molecular weight is 304 g/mol. The lowest BCUT2D eigenvalue weighted by Gasteiger charge is -2.23. The predicted octanol–water partition coefficient (Wildman–Crippen LogP) is 2.27. The highest BCUT2D eigenvalue weighted by Gasteiger charge is 2.24. The summed E-state index contributed by atoms with van der Waals surface area (Å²) in [7, 11) is 0. The molecule has 1 aromatic rings. The van der Waals surface area contributed by atoms with Gasteiger partial charge in [-0.2, -0.15) is 0 Å². The lowest BCUT2D eigenvalue weighted by atomic mass is 9.92. The number of amides is 1. The monoisotopic (exact) mass is 304 g/mol. The Kier molecular flexibility index (Phi) is 5.51. The first-order chi connectivity index (χ1) is 10.3. The van der Waals surface area contributed by atoms with E-state index in [0.717, 1.165) is 38.3 Å². The van der Waals surface area contributed by atoms with E-state index in [-0.39, 0.29) is 5.91 Å². The fourth-order valence-electron chi connectivity index (χ4n) is 2.72. The van der Waals surface area contributed by atoms with Crippen LogP contribution in [0.1, 0.15) is 49.7 Å². The number of nitrogens with zero attached hydrogens (tertiary/aromatic N) is 3. The van der Waals surface area contributed by atoms with E-state index in [1.807, 2.05) is 6.92 Å². The largest absolute Gasteiger partial charge is 0.352 e. The predicted molar refractivity (Wildman–Crippen MR) is 87.7 cm³/mol. The Labute approximate surface area is 133 Å². The van der Waals surface area contributed by atoms with E-state index in [0.29, 0.717) is 16.9 Å². The highest BCUT2D eigenvalue weighted by Crippen LogP contribution is 2.22. The topological polar surface area (TPSA) is 58.1 Å². The van der Waals surface area contributed by atoms with Crippen LogP contribution in [0.2, 0.25) is 0 Å². The van der Waals surface area contributed by atoms with Gasteiger partial charge in [0.25, 0.3) is 5.91 Å². The number of carbonyl (C=O) groups excluding carboxylic acids is 1. The van der Waals surface area contributed by atoms with Gasteiger partial charge in [-0.25, -0.2) is 9.97 Å². The van der Waals surface area contributed by atoms with Crippen LogP contribution in [-0.4, -0.2) is 47.0 Å². The van der Waals surface area contributed by atoms with E-state index in [2.05, 4.69) is 41.0 Å². The Morgan fingerprint density at radius 3 is 2.91 bits per heavy atom. The number of rotatable bonds is 5. The van der Waals surface area contributed by atoms with Crippen LogP contribution in [-0.2, 0) is 0 Å². The Morgan fingerprint density at radius 2 is 2.23 bits per heavy atom. The summed E-state index contributed by atoms with van der Waals surface area (Å²) >= 11 is 0. The average Bonchev–Trinajstić information content (AvgIpc) is 2.90. The first kappa shape index (κ1) is 16.9. The van der Waals surface area contributed by atoms with Crippen molar-refractivity contribution in [1.82, 2.24) is 20.2 Å². The van der Waals surface area contributed by atoms with Crippen molar-refractivity contribution >= 4 is 5.91 Å². The molecule has 1 atom stereocenters. The second-order valence-corrected chi connectivity index (χ2v) is 7.50. The first-order valence-corrected chi connectivity index (χ1v) is 8.12. The van der Waals surface area contributed by atoms with Crippen molar-refractivity contribution in [3.8, 4) is 0 Å². The van der Waals surface area contributed by atoms with Crippen molar-refractivity contribution in [2.45, 2.75) is 40.5 Å². The first-order valence-electron chi connectivity index (χ1n) is 8.12. The Hall–Kier alpha value is -1.49. The summed E-state index contributed by atoms with van der Waals surface area (Å²) in [6, 6.07) is 0. The van der Waals surface area contributed by atoms with Crippen LogP contribution in [0.15, 0.2) is 12.5 Å². The number of carbonyl (C=O) groups is 1. The molecule has 1 aromatic heterocycles. The van der Waals surface area contributed by atoms with Gasteiger partial charge < -0.3 is 10.2 Å². The van der Waals surface area contributed by atoms with Gasteiger partial charge in [-0.05, 0) is 44.2 Å². The summed E-state index contributed by atoms with van der Waals surface area (Å²) in [5, 5.41) is 3.03. The number of hydrogen-bond acceptors (Lipinski definition) is 4. The smallest absolute Gasteiger partial charge is 0.254 e. The summed E-state index contributed by atoms with van der Waals surface area (Å²) in [5.74, 6) is 0.486. The number of hydrogen-bond donors (Lipinski definition) is 1. The second-order valence-electron chi connectivity index (χ2n) is 7.50. The van der Waals surface area contributed by atoms with E-state index in [1.165, 1.54) is 12.7 Å². The van der Waals surface area contributed by atoms with Gasteiger partial charge in [-0.1, -0.05) is 20.8 Å². The maximum atomic E-state index is 12.2. The molecule has 1 fully saturated rings. The normalized spacial score (nSPS) is 19.4. The van der Waals surface area contributed by atoms with Crippen molar-refractivity contribution < 1.29 is 4.79 Å². The Morgan fingerprint density at radius 1 is 1.45 bits per heavy atom. The van der Waals surface area contributed by atoms with Crippen molar-refractivity contribution in [1.29, 1.82) is 0 Å². The molecule has 122 valence electrons. The lowest BCUT2D eigenvalue weighted by Crippen LogP contribution is -2.32. The van der Waals surface area contributed by atoms with Gasteiger partial charge in [0.05, 0.1) is 11.3 Å². The molecule has 0 radical (unpaired) electrons. The van der Waals surface area contributed by atoms with Crippen molar-refractivity contribution in [3.05, 3.63) is 23.8 Å². The summed E-state index contributed by atoms with van der Waals surface area (Å²) < 4.78 is 0. The third-order valence-electron chi connectivity index (χ3n) is 4.26. The van der Waals surface area contributed by atoms with Crippen LogP contribution >= 0.6 is 0 Å².